The van der Waals surface area contributed by atoms with Crippen molar-refractivity contribution < 1.29 is 14.7 Å². The minimum Gasteiger partial charge on any atom is -0.478 e. The Labute approximate surface area is 122 Å². The van der Waals surface area contributed by atoms with Gasteiger partial charge in [-0.15, -0.1) is 0 Å². The molecule has 0 amide bonds. The number of benzene rings is 2. The van der Waals surface area contributed by atoms with Gasteiger partial charge in [0.2, 0.25) is 0 Å². The Morgan fingerprint density at radius 1 is 0.905 bits per heavy atom. The normalized spacial score (nSPS) is 12.8. The Balaban J connectivity index is 1.97. The third kappa shape index (κ3) is 2.63. The average molecular weight is 278 g/mol. The van der Waals surface area contributed by atoms with Gasteiger partial charge in [-0.05, 0) is 47.2 Å². The van der Waals surface area contributed by atoms with Crippen LogP contribution in [-0.2, 0) is 17.6 Å². The highest BCUT2D eigenvalue weighted by atomic mass is 16.4. The minimum absolute atomic E-state index is 0.279. The summed E-state index contributed by atoms with van der Waals surface area (Å²) in [6, 6.07) is 13.9. The van der Waals surface area contributed by atoms with E-state index in [9.17, 15) is 9.59 Å². The molecule has 0 atom stereocenters. The van der Waals surface area contributed by atoms with Crippen molar-refractivity contribution in [2.24, 2.45) is 0 Å². The van der Waals surface area contributed by atoms with Gasteiger partial charge in [-0.25, -0.2) is 4.79 Å². The van der Waals surface area contributed by atoms with E-state index in [-0.39, 0.29) is 5.78 Å². The third-order valence-electron chi connectivity index (χ3n) is 3.74. The maximum Gasteiger partial charge on any atom is 0.328 e. The number of ketones is 1. The summed E-state index contributed by atoms with van der Waals surface area (Å²) >= 11 is 0. The van der Waals surface area contributed by atoms with Gasteiger partial charge in [-0.3, -0.25) is 4.79 Å². The van der Waals surface area contributed by atoms with Gasteiger partial charge < -0.3 is 5.11 Å². The summed E-state index contributed by atoms with van der Waals surface area (Å²) in [7, 11) is 0. The molecule has 1 aliphatic rings. The van der Waals surface area contributed by atoms with E-state index in [2.05, 4.69) is 12.1 Å². The lowest BCUT2D eigenvalue weighted by atomic mass is 9.84. The molecule has 2 aromatic carbocycles. The number of hydrogen-bond acceptors (Lipinski definition) is 2. The van der Waals surface area contributed by atoms with E-state index in [0.29, 0.717) is 5.56 Å². The molecule has 0 radical (unpaired) electrons. The molecule has 21 heavy (non-hydrogen) atoms. The number of carboxylic acids is 1. The fraction of sp³-hybridized carbons (Fsp3) is 0.111. The number of aliphatic carboxylic acids is 1. The van der Waals surface area contributed by atoms with E-state index in [4.69, 9.17) is 5.11 Å². The lowest BCUT2D eigenvalue weighted by Gasteiger charge is -2.20. The lowest BCUT2D eigenvalue weighted by molar-refractivity contribution is -0.131. The number of carbonyl (C=O) groups is 2. The van der Waals surface area contributed by atoms with Crippen LogP contribution in [0.4, 0.5) is 0 Å². The van der Waals surface area contributed by atoms with Crippen molar-refractivity contribution in [2.75, 3.05) is 0 Å². The molecule has 3 heteroatoms. The van der Waals surface area contributed by atoms with Gasteiger partial charge in [0.15, 0.2) is 5.78 Å². The molecule has 104 valence electrons. The van der Waals surface area contributed by atoms with Gasteiger partial charge in [-0.2, -0.15) is 0 Å². The standard InChI is InChI=1S/C18H14O3/c19-17(9-10-18(20)21)14-7-8-16-13(11-14)6-5-12-3-1-2-4-15(12)16/h1-4,7-11H,5-6H2,(H,20,21). The molecule has 1 N–H and O–H groups in total. The first kappa shape index (κ1) is 13.3. The predicted octanol–water partition coefficient (Wildman–Crippen LogP) is 3.28. The molecule has 1 aliphatic carbocycles. The van der Waals surface area contributed by atoms with Crippen molar-refractivity contribution in [2.45, 2.75) is 12.8 Å². The molecule has 0 fully saturated rings. The van der Waals surface area contributed by atoms with Crippen molar-refractivity contribution >= 4 is 11.8 Å². The maximum absolute atomic E-state index is 11.9. The van der Waals surface area contributed by atoms with Crippen LogP contribution in [0.15, 0.2) is 54.6 Å². The molecule has 0 bridgehead atoms. The number of hydrogen-bond donors (Lipinski definition) is 1. The minimum atomic E-state index is -1.12. The van der Waals surface area contributed by atoms with Gasteiger partial charge in [-0.1, -0.05) is 36.4 Å². The average Bonchev–Trinajstić information content (AvgIpc) is 2.51. The number of rotatable bonds is 3. The molecule has 3 rings (SSSR count). The highest BCUT2D eigenvalue weighted by molar-refractivity contribution is 6.07. The van der Waals surface area contributed by atoms with Gasteiger partial charge in [0, 0.05) is 11.6 Å². The molecule has 0 spiro atoms. The number of fused-ring (bicyclic) bond motifs is 3. The van der Waals surface area contributed by atoms with Crippen LogP contribution in [0.25, 0.3) is 11.1 Å². The first-order chi connectivity index (χ1) is 10.1. The first-order valence-electron chi connectivity index (χ1n) is 6.82. The zero-order valence-electron chi connectivity index (χ0n) is 11.4. The van der Waals surface area contributed by atoms with Gasteiger partial charge in [0.1, 0.15) is 0 Å². The second kappa shape index (κ2) is 5.37. The largest absolute Gasteiger partial charge is 0.478 e. The van der Waals surface area contributed by atoms with Gasteiger partial charge >= 0.3 is 5.97 Å². The third-order valence-corrected chi connectivity index (χ3v) is 3.74. The second-order valence-corrected chi connectivity index (χ2v) is 5.06. The van der Waals surface area contributed by atoms with Crippen LogP contribution in [0.1, 0.15) is 21.5 Å². The Hall–Kier alpha value is -2.68. The Bertz CT molecular complexity index is 757. The Morgan fingerprint density at radius 3 is 2.43 bits per heavy atom. The van der Waals surface area contributed by atoms with Gasteiger partial charge in [0.25, 0.3) is 0 Å². The van der Waals surface area contributed by atoms with E-state index in [0.717, 1.165) is 36.1 Å². The van der Waals surface area contributed by atoms with E-state index in [1.54, 1.807) is 6.07 Å². The van der Waals surface area contributed by atoms with E-state index >= 15 is 0 Å². The summed E-state index contributed by atoms with van der Waals surface area (Å²) in [6.45, 7) is 0. The molecule has 0 saturated heterocycles. The molecule has 0 unspecified atom stereocenters. The molecule has 0 heterocycles. The van der Waals surface area contributed by atoms with Crippen LogP contribution in [0.2, 0.25) is 0 Å². The van der Waals surface area contributed by atoms with Crippen LogP contribution in [0.5, 0.6) is 0 Å². The smallest absolute Gasteiger partial charge is 0.328 e. The fourth-order valence-corrected chi connectivity index (χ4v) is 2.73. The van der Waals surface area contributed by atoms with Crippen molar-refractivity contribution in [3.8, 4) is 11.1 Å². The summed E-state index contributed by atoms with van der Waals surface area (Å²) < 4.78 is 0. The highest BCUT2D eigenvalue weighted by Gasteiger charge is 2.16. The van der Waals surface area contributed by atoms with Gasteiger partial charge in [0.05, 0.1) is 0 Å². The first-order valence-corrected chi connectivity index (χ1v) is 6.82. The topological polar surface area (TPSA) is 54.4 Å². The van der Waals surface area contributed by atoms with Crippen molar-refractivity contribution in [1.29, 1.82) is 0 Å². The van der Waals surface area contributed by atoms with Crippen LogP contribution in [0, 0.1) is 0 Å². The predicted molar refractivity (Wildman–Crippen MR) is 80.4 cm³/mol. The molecular formula is C18H14O3. The molecule has 3 nitrogen and oxygen atoms in total. The van der Waals surface area contributed by atoms with Crippen LogP contribution < -0.4 is 0 Å². The molecule has 0 aliphatic heterocycles. The quantitative estimate of drug-likeness (QED) is 0.692. The zero-order valence-corrected chi connectivity index (χ0v) is 11.4. The maximum atomic E-state index is 11.9. The van der Waals surface area contributed by atoms with Crippen molar-refractivity contribution in [1.82, 2.24) is 0 Å². The van der Waals surface area contributed by atoms with E-state index in [1.807, 2.05) is 24.3 Å². The SMILES string of the molecule is O=C(O)C=CC(=O)c1ccc2c(c1)CCc1ccccc1-2. The highest BCUT2D eigenvalue weighted by Crippen LogP contribution is 2.33. The van der Waals surface area contributed by atoms with Crippen molar-refractivity contribution in [3.63, 3.8) is 0 Å². The molecule has 2 aromatic rings. The number of allylic oxidation sites excluding steroid dienone is 1. The lowest BCUT2D eigenvalue weighted by Crippen LogP contribution is -2.06. The van der Waals surface area contributed by atoms with E-state index < -0.39 is 5.97 Å². The fourth-order valence-electron chi connectivity index (χ4n) is 2.73. The van der Waals surface area contributed by atoms with Crippen LogP contribution in [-0.4, -0.2) is 16.9 Å². The van der Waals surface area contributed by atoms with E-state index in [1.165, 1.54) is 11.1 Å². The molecule has 0 aromatic heterocycles. The van der Waals surface area contributed by atoms with Crippen molar-refractivity contribution in [3.05, 3.63) is 71.3 Å². The Morgan fingerprint density at radius 2 is 1.62 bits per heavy atom. The van der Waals surface area contributed by atoms with Crippen LogP contribution >= 0.6 is 0 Å². The summed E-state index contributed by atoms with van der Waals surface area (Å²) in [5, 5.41) is 8.57. The Kier molecular flexibility index (Phi) is 3.40. The number of carboxylic acid groups (broad SMARTS) is 1. The summed E-state index contributed by atoms with van der Waals surface area (Å²) in [5.41, 5.74) is 5.39. The number of carbonyl (C=O) groups excluding carboxylic acids is 1. The summed E-state index contributed by atoms with van der Waals surface area (Å²) in [5.74, 6) is -1.39. The second-order valence-electron chi connectivity index (χ2n) is 5.06. The molecule has 0 saturated carbocycles. The van der Waals surface area contributed by atoms with Crippen LogP contribution in [0.3, 0.4) is 0 Å². The zero-order chi connectivity index (χ0) is 14.8. The monoisotopic (exact) mass is 278 g/mol. The summed E-state index contributed by atoms with van der Waals surface area (Å²) in [4.78, 5) is 22.4. The summed E-state index contributed by atoms with van der Waals surface area (Å²) in [6.07, 6.45) is 3.83. The number of aryl methyl sites for hydroxylation is 2. The molecular weight excluding hydrogens is 264 g/mol.